The predicted molar refractivity (Wildman–Crippen MR) is 67.2 cm³/mol. The molecule has 0 saturated heterocycles. The molecule has 0 radical (unpaired) electrons. The second-order valence-corrected chi connectivity index (χ2v) is 5.08. The van der Waals surface area contributed by atoms with E-state index in [0.29, 0.717) is 5.92 Å². The molecule has 1 rings (SSSR count). The van der Waals surface area contributed by atoms with Crippen molar-refractivity contribution in [2.45, 2.75) is 39.2 Å². The zero-order valence-electron chi connectivity index (χ0n) is 9.84. The zero-order valence-corrected chi connectivity index (χ0v) is 10.6. The zero-order chi connectivity index (χ0) is 12.1. The molecule has 1 atom stereocenters. The fraction of sp³-hybridized carbons (Fsp3) is 0.538. The van der Waals surface area contributed by atoms with Crippen LogP contribution < -0.4 is 5.73 Å². The second kappa shape index (κ2) is 6.21. The van der Waals surface area contributed by atoms with Crippen LogP contribution in [-0.4, -0.2) is 6.04 Å². The van der Waals surface area contributed by atoms with Crippen LogP contribution in [0.3, 0.4) is 0 Å². The number of rotatable bonds is 5. The first-order valence-electron chi connectivity index (χ1n) is 5.68. The van der Waals surface area contributed by atoms with Crippen LogP contribution in [0.5, 0.6) is 0 Å². The third-order valence-corrected chi connectivity index (χ3v) is 2.85. The third-order valence-electron chi connectivity index (χ3n) is 2.56. The molecule has 3 heteroatoms. The SMILES string of the molecule is CC(C)CC(N)CCc1ccc(F)c(Cl)c1. The molecule has 0 aliphatic carbocycles. The second-order valence-electron chi connectivity index (χ2n) is 4.68. The van der Waals surface area contributed by atoms with Crippen molar-refractivity contribution in [3.05, 3.63) is 34.6 Å². The van der Waals surface area contributed by atoms with Crippen molar-refractivity contribution in [2.24, 2.45) is 11.7 Å². The van der Waals surface area contributed by atoms with Gasteiger partial charge in [0, 0.05) is 6.04 Å². The van der Waals surface area contributed by atoms with E-state index in [4.69, 9.17) is 17.3 Å². The molecule has 0 aliphatic heterocycles. The molecular weight excluding hydrogens is 225 g/mol. The predicted octanol–water partition coefficient (Wildman–Crippen LogP) is 3.79. The van der Waals surface area contributed by atoms with Crippen LogP contribution in [0.4, 0.5) is 4.39 Å². The summed E-state index contributed by atoms with van der Waals surface area (Å²) in [6, 6.07) is 5.07. The Morgan fingerprint density at radius 1 is 1.38 bits per heavy atom. The van der Waals surface area contributed by atoms with E-state index in [2.05, 4.69) is 13.8 Å². The molecule has 1 aromatic rings. The summed E-state index contributed by atoms with van der Waals surface area (Å²) in [5.41, 5.74) is 7.03. The Morgan fingerprint density at radius 2 is 2.06 bits per heavy atom. The molecular formula is C13H19ClFN. The maximum absolute atomic E-state index is 12.9. The molecule has 0 aromatic heterocycles. The van der Waals surface area contributed by atoms with Crippen molar-refractivity contribution in [1.29, 1.82) is 0 Å². The molecule has 0 aliphatic rings. The van der Waals surface area contributed by atoms with Gasteiger partial charge in [-0.1, -0.05) is 31.5 Å². The van der Waals surface area contributed by atoms with Gasteiger partial charge in [-0.2, -0.15) is 0 Å². The first-order valence-corrected chi connectivity index (χ1v) is 6.06. The van der Waals surface area contributed by atoms with Crippen LogP contribution in [0, 0.1) is 11.7 Å². The topological polar surface area (TPSA) is 26.0 Å². The number of hydrogen-bond acceptors (Lipinski definition) is 1. The quantitative estimate of drug-likeness (QED) is 0.837. The van der Waals surface area contributed by atoms with Gasteiger partial charge in [0.05, 0.1) is 5.02 Å². The van der Waals surface area contributed by atoms with E-state index in [0.717, 1.165) is 24.8 Å². The van der Waals surface area contributed by atoms with E-state index in [1.54, 1.807) is 12.1 Å². The molecule has 1 unspecified atom stereocenters. The number of halogens is 2. The maximum atomic E-state index is 12.9. The first-order chi connectivity index (χ1) is 7.49. The van der Waals surface area contributed by atoms with E-state index in [9.17, 15) is 4.39 Å². The van der Waals surface area contributed by atoms with Crippen molar-refractivity contribution in [1.82, 2.24) is 0 Å². The van der Waals surface area contributed by atoms with Gasteiger partial charge >= 0.3 is 0 Å². The Labute approximate surface area is 102 Å². The van der Waals surface area contributed by atoms with Crippen LogP contribution >= 0.6 is 11.6 Å². The summed E-state index contributed by atoms with van der Waals surface area (Å²) in [5.74, 6) is 0.253. The molecule has 0 spiro atoms. The Morgan fingerprint density at radius 3 is 2.62 bits per heavy atom. The maximum Gasteiger partial charge on any atom is 0.141 e. The average molecular weight is 244 g/mol. The highest BCUT2D eigenvalue weighted by Crippen LogP contribution is 2.18. The number of benzene rings is 1. The summed E-state index contributed by atoms with van der Waals surface area (Å²) in [6.45, 7) is 4.32. The van der Waals surface area contributed by atoms with Crippen molar-refractivity contribution >= 4 is 11.6 Å². The molecule has 0 amide bonds. The van der Waals surface area contributed by atoms with Crippen LogP contribution in [0.25, 0.3) is 0 Å². The Hall–Kier alpha value is -0.600. The molecule has 0 fully saturated rings. The van der Waals surface area contributed by atoms with Gasteiger partial charge in [0.2, 0.25) is 0 Å². The number of aryl methyl sites for hydroxylation is 1. The van der Waals surface area contributed by atoms with Gasteiger partial charge in [0.15, 0.2) is 0 Å². The lowest BCUT2D eigenvalue weighted by molar-refractivity contribution is 0.473. The van der Waals surface area contributed by atoms with E-state index < -0.39 is 0 Å². The molecule has 2 N–H and O–H groups in total. The molecule has 90 valence electrons. The lowest BCUT2D eigenvalue weighted by atomic mass is 9.98. The van der Waals surface area contributed by atoms with Gasteiger partial charge in [-0.05, 0) is 42.9 Å². The number of hydrogen-bond donors (Lipinski definition) is 1. The monoisotopic (exact) mass is 243 g/mol. The standard InChI is InChI=1S/C13H19ClFN/c1-9(2)7-11(16)5-3-10-4-6-13(15)12(14)8-10/h4,6,8-9,11H,3,5,7,16H2,1-2H3. The van der Waals surface area contributed by atoms with Crippen LogP contribution in [0.1, 0.15) is 32.3 Å². The summed E-state index contributed by atoms with van der Waals surface area (Å²) < 4.78 is 12.9. The van der Waals surface area contributed by atoms with Crippen molar-refractivity contribution in [3.8, 4) is 0 Å². The van der Waals surface area contributed by atoms with Crippen LogP contribution in [-0.2, 0) is 6.42 Å². The summed E-state index contributed by atoms with van der Waals surface area (Å²) in [4.78, 5) is 0. The van der Waals surface area contributed by atoms with Crippen molar-refractivity contribution < 1.29 is 4.39 Å². The minimum atomic E-state index is -0.364. The van der Waals surface area contributed by atoms with E-state index >= 15 is 0 Å². The first kappa shape index (κ1) is 13.5. The van der Waals surface area contributed by atoms with Gasteiger partial charge in [-0.3, -0.25) is 0 Å². The third kappa shape index (κ3) is 4.50. The van der Waals surface area contributed by atoms with Gasteiger partial charge in [-0.25, -0.2) is 4.39 Å². The minimum Gasteiger partial charge on any atom is -0.328 e. The summed E-state index contributed by atoms with van der Waals surface area (Å²) in [5, 5.41) is 0.190. The fourth-order valence-electron chi connectivity index (χ4n) is 1.77. The summed E-state index contributed by atoms with van der Waals surface area (Å²) in [6.07, 6.45) is 2.79. The molecule has 1 nitrogen and oxygen atoms in total. The van der Waals surface area contributed by atoms with Crippen molar-refractivity contribution in [3.63, 3.8) is 0 Å². The molecule has 0 heterocycles. The molecule has 16 heavy (non-hydrogen) atoms. The van der Waals surface area contributed by atoms with Gasteiger partial charge in [0.1, 0.15) is 5.82 Å². The molecule has 0 bridgehead atoms. The highest BCUT2D eigenvalue weighted by atomic mass is 35.5. The van der Waals surface area contributed by atoms with Gasteiger partial charge in [0.25, 0.3) is 0 Å². The lowest BCUT2D eigenvalue weighted by Gasteiger charge is -2.13. The minimum absolute atomic E-state index is 0.190. The molecule has 1 aromatic carbocycles. The normalized spacial score (nSPS) is 13.1. The summed E-state index contributed by atoms with van der Waals surface area (Å²) >= 11 is 5.71. The lowest BCUT2D eigenvalue weighted by Crippen LogP contribution is -2.22. The largest absolute Gasteiger partial charge is 0.328 e. The van der Waals surface area contributed by atoms with Crippen LogP contribution in [0.2, 0.25) is 5.02 Å². The number of nitrogens with two attached hydrogens (primary N) is 1. The highest BCUT2D eigenvalue weighted by molar-refractivity contribution is 6.30. The molecule has 0 saturated carbocycles. The Balaban J connectivity index is 2.45. The fourth-order valence-corrected chi connectivity index (χ4v) is 1.97. The Kier molecular flexibility index (Phi) is 5.23. The highest BCUT2D eigenvalue weighted by Gasteiger charge is 2.07. The van der Waals surface area contributed by atoms with E-state index in [1.165, 1.54) is 6.07 Å². The van der Waals surface area contributed by atoms with E-state index in [-0.39, 0.29) is 16.9 Å². The van der Waals surface area contributed by atoms with Crippen LogP contribution in [0.15, 0.2) is 18.2 Å². The Bertz CT molecular complexity index is 339. The summed E-state index contributed by atoms with van der Waals surface area (Å²) in [7, 11) is 0. The van der Waals surface area contributed by atoms with Crippen molar-refractivity contribution in [2.75, 3.05) is 0 Å². The van der Waals surface area contributed by atoms with Gasteiger partial charge in [-0.15, -0.1) is 0 Å². The van der Waals surface area contributed by atoms with E-state index in [1.807, 2.05) is 0 Å². The van der Waals surface area contributed by atoms with Gasteiger partial charge < -0.3 is 5.73 Å². The smallest absolute Gasteiger partial charge is 0.141 e. The average Bonchev–Trinajstić information content (AvgIpc) is 2.19.